The zero-order valence-corrected chi connectivity index (χ0v) is 25.1. The van der Waals surface area contributed by atoms with E-state index in [2.05, 4.69) is 40.5 Å². The summed E-state index contributed by atoms with van der Waals surface area (Å²) in [6.07, 6.45) is 0.865. The van der Waals surface area contributed by atoms with Crippen LogP contribution in [0, 0.1) is 0 Å². The van der Waals surface area contributed by atoms with Crippen molar-refractivity contribution < 1.29 is 57.8 Å². The lowest BCUT2D eigenvalue weighted by atomic mass is 10.3. The Balaban J connectivity index is -0.000000217. The van der Waals surface area contributed by atoms with Crippen molar-refractivity contribution in [3.05, 3.63) is 49.6 Å². The number of carbonyl (C=O) groups excluding carboxylic acids is 4. The molecule has 12 heteroatoms. The lowest BCUT2D eigenvalue weighted by Crippen LogP contribution is -2.17. The van der Waals surface area contributed by atoms with Gasteiger partial charge in [-0.05, 0) is 41.5 Å². The van der Waals surface area contributed by atoms with Crippen LogP contribution in [0.2, 0.25) is 0 Å². The van der Waals surface area contributed by atoms with Crippen molar-refractivity contribution in [1.29, 1.82) is 0 Å². The van der Waals surface area contributed by atoms with E-state index in [1.807, 2.05) is 13.8 Å². The molecule has 2 N–H and O–H groups in total. The van der Waals surface area contributed by atoms with E-state index in [4.69, 9.17) is 24.4 Å². The summed E-state index contributed by atoms with van der Waals surface area (Å²) in [6, 6.07) is 0. The van der Waals surface area contributed by atoms with Gasteiger partial charge in [0.1, 0.15) is 26.4 Å². The van der Waals surface area contributed by atoms with Gasteiger partial charge in [-0.2, -0.15) is 0 Å². The molecule has 0 radical (unpaired) electrons. The molecule has 40 heavy (non-hydrogen) atoms. The molecule has 232 valence electrons. The molecule has 0 aromatic heterocycles. The monoisotopic (exact) mass is 576 g/mol. The second-order valence-corrected chi connectivity index (χ2v) is 8.22. The highest BCUT2D eigenvalue weighted by atomic mass is 16.6. The fourth-order valence-corrected chi connectivity index (χ4v) is 1.29. The quantitative estimate of drug-likeness (QED) is 0.177. The standard InChI is InChI=1S/C8H14O3.2C7H12O3.C6H10O3/c1-6(2)8(9)11-5-7(3)10-4;1-5(2)7(9)10-4-6(3)8;1-4-7(8)10-5-6(2)9-3;1-3-6(8)9-4-5(2)7/h7H,1,5H2,2-4H3;6,8H,1,4H2,2-3H3;4,6H,1,5H2,2-3H3;3,5,7H,1,4H2,2H3. The van der Waals surface area contributed by atoms with Crippen molar-refractivity contribution >= 4 is 23.9 Å². The number of ether oxygens (including phenoxy) is 6. The van der Waals surface area contributed by atoms with Crippen molar-refractivity contribution in [2.24, 2.45) is 0 Å². The molecule has 0 bridgehead atoms. The largest absolute Gasteiger partial charge is 0.460 e. The highest BCUT2D eigenvalue weighted by Crippen LogP contribution is 1.95. The Morgan fingerprint density at radius 2 is 0.900 bits per heavy atom. The lowest BCUT2D eigenvalue weighted by molar-refractivity contribution is -0.142. The molecule has 0 saturated heterocycles. The third kappa shape index (κ3) is 36.8. The van der Waals surface area contributed by atoms with Gasteiger partial charge in [-0.15, -0.1) is 0 Å². The van der Waals surface area contributed by atoms with Crippen LogP contribution in [0.1, 0.15) is 41.5 Å². The Morgan fingerprint density at radius 1 is 0.625 bits per heavy atom. The maximum Gasteiger partial charge on any atom is 0.333 e. The molecule has 0 aromatic rings. The molecule has 0 rings (SSSR count). The van der Waals surface area contributed by atoms with Crippen LogP contribution in [-0.2, 0) is 47.6 Å². The fraction of sp³-hybridized carbons (Fsp3) is 0.571. The molecule has 0 aromatic carbocycles. The Kier molecular flexibility index (Phi) is 31.4. The molecule has 0 aliphatic carbocycles. The maximum atomic E-state index is 10.8. The minimum absolute atomic E-state index is 0.0326. The zero-order valence-electron chi connectivity index (χ0n) is 25.1. The van der Waals surface area contributed by atoms with Gasteiger partial charge in [-0.25, -0.2) is 19.2 Å². The molecule has 0 heterocycles. The average molecular weight is 577 g/mol. The second-order valence-electron chi connectivity index (χ2n) is 8.22. The molecule has 0 aliphatic rings. The van der Waals surface area contributed by atoms with Gasteiger partial charge in [0, 0.05) is 37.5 Å². The van der Waals surface area contributed by atoms with Gasteiger partial charge in [0.15, 0.2) is 0 Å². The smallest absolute Gasteiger partial charge is 0.333 e. The number of methoxy groups -OCH3 is 2. The van der Waals surface area contributed by atoms with E-state index in [9.17, 15) is 19.2 Å². The van der Waals surface area contributed by atoms with E-state index in [1.165, 1.54) is 6.92 Å². The summed E-state index contributed by atoms with van der Waals surface area (Å²) in [5.41, 5.74) is 0.758. The second kappa shape index (κ2) is 28.7. The van der Waals surface area contributed by atoms with Crippen LogP contribution in [0.25, 0.3) is 0 Å². The molecule has 0 aliphatic heterocycles. The topological polar surface area (TPSA) is 164 Å². The van der Waals surface area contributed by atoms with E-state index in [-0.39, 0.29) is 44.6 Å². The number of hydrogen-bond donors (Lipinski definition) is 2. The highest BCUT2D eigenvalue weighted by Gasteiger charge is 2.06. The molecular weight excluding hydrogens is 528 g/mol. The molecule has 4 atom stereocenters. The van der Waals surface area contributed by atoms with Gasteiger partial charge in [0.2, 0.25) is 0 Å². The van der Waals surface area contributed by atoms with Crippen LogP contribution >= 0.6 is 0 Å². The van der Waals surface area contributed by atoms with Crippen molar-refractivity contribution in [2.75, 3.05) is 40.6 Å². The average Bonchev–Trinajstić information content (AvgIpc) is 2.91. The van der Waals surface area contributed by atoms with E-state index >= 15 is 0 Å². The number of aliphatic hydroxyl groups is 2. The fourth-order valence-electron chi connectivity index (χ4n) is 1.29. The number of aliphatic hydroxyl groups excluding tert-OH is 2. The SMILES string of the molecule is C=C(C)C(=O)OCC(C)O.C=C(C)C(=O)OCC(C)OC.C=CC(=O)OCC(C)O.C=CC(=O)OCC(C)OC. The van der Waals surface area contributed by atoms with Crippen LogP contribution in [0.3, 0.4) is 0 Å². The van der Waals surface area contributed by atoms with Crippen LogP contribution in [-0.4, -0.2) is 99.2 Å². The van der Waals surface area contributed by atoms with E-state index in [1.54, 1.807) is 35.0 Å². The predicted molar refractivity (Wildman–Crippen MR) is 150 cm³/mol. The first kappa shape index (κ1) is 43.7. The van der Waals surface area contributed by atoms with Gasteiger partial charge >= 0.3 is 23.9 Å². The molecule has 0 saturated carbocycles. The number of carbonyl (C=O) groups is 4. The Hall–Kier alpha value is -3.32. The van der Waals surface area contributed by atoms with E-state index in [0.717, 1.165) is 12.2 Å². The van der Waals surface area contributed by atoms with Crippen LogP contribution in [0.5, 0.6) is 0 Å². The van der Waals surface area contributed by atoms with Crippen molar-refractivity contribution in [3.8, 4) is 0 Å². The molecule has 0 spiro atoms. The Bertz CT molecular complexity index is 771. The van der Waals surface area contributed by atoms with Gasteiger partial charge in [-0.3, -0.25) is 0 Å². The normalized spacial score (nSPS) is 12.2. The van der Waals surface area contributed by atoms with Gasteiger partial charge in [0.05, 0.1) is 24.4 Å². The summed E-state index contributed by atoms with van der Waals surface area (Å²) in [4.78, 5) is 42.1. The summed E-state index contributed by atoms with van der Waals surface area (Å²) in [6.45, 7) is 23.8. The lowest BCUT2D eigenvalue weighted by Gasteiger charge is -2.09. The van der Waals surface area contributed by atoms with Crippen molar-refractivity contribution in [2.45, 2.75) is 66.0 Å². The van der Waals surface area contributed by atoms with Crippen LogP contribution < -0.4 is 0 Å². The first-order valence-electron chi connectivity index (χ1n) is 12.1. The first-order valence-corrected chi connectivity index (χ1v) is 12.1. The van der Waals surface area contributed by atoms with E-state index in [0.29, 0.717) is 11.1 Å². The molecule has 0 fully saturated rings. The van der Waals surface area contributed by atoms with Crippen molar-refractivity contribution in [3.63, 3.8) is 0 Å². The van der Waals surface area contributed by atoms with Crippen molar-refractivity contribution in [1.82, 2.24) is 0 Å². The third-order valence-corrected chi connectivity index (χ3v) is 3.67. The number of rotatable bonds is 14. The molecular formula is C28H48O12. The summed E-state index contributed by atoms with van der Waals surface area (Å²) in [5, 5.41) is 17.3. The number of esters is 4. The Labute approximate surface area is 238 Å². The summed E-state index contributed by atoms with van der Waals surface area (Å²) in [7, 11) is 3.13. The minimum Gasteiger partial charge on any atom is -0.460 e. The maximum absolute atomic E-state index is 10.8. The molecule has 12 nitrogen and oxygen atoms in total. The summed E-state index contributed by atoms with van der Waals surface area (Å²) in [5.74, 6) is -1.74. The Morgan fingerprint density at radius 3 is 1.18 bits per heavy atom. The molecule has 4 unspecified atom stereocenters. The minimum atomic E-state index is -0.608. The van der Waals surface area contributed by atoms with Gasteiger partial charge < -0.3 is 38.6 Å². The predicted octanol–water partition coefficient (Wildman–Crippen LogP) is 2.47. The first-order chi connectivity index (χ1) is 18.5. The van der Waals surface area contributed by atoms with Crippen LogP contribution in [0.4, 0.5) is 0 Å². The van der Waals surface area contributed by atoms with E-state index < -0.39 is 30.1 Å². The third-order valence-electron chi connectivity index (χ3n) is 3.67. The van der Waals surface area contributed by atoms with Gasteiger partial charge in [-0.1, -0.05) is 26.3 Å². The highest BCUT2D eigenvalue weighted by molar-refractivity contribution is 5.87. The van der Waals surface area contributed by atoms with Gasteiger partial charge in [0.25, 0.3) is 0 Å². The number of hydrogen-bond acceptors (Lipinski definition) is 12. The summed E-state index contributed by atoms with van der Waals surface area (Å²) < 4.78 is 28.2. The van der Waals surface area contributed by atoms with Crippen LogP contribution in [0.15, 0.2) is 49.6 Å². The summed E-state index contributed by atoms with van der Waals surface area (Å²) >= 11 is 0. The zero-order chi connectivity index (χ0) is 32.3. The molecule has 0 amide bonds.